The molecule has 4 heteroatoms. The molecule has 0 unspecified atom stereocenters. The molecule has 2 fully saturated rings. The van der Waals surface area contributed by atoms with Crippen LogP contribution in [0.1, 0.15) is 70.3 Å². The molecule has 1 aromatic heterocycles. The first-order chi connectivity index (χ1) is 15.1. The summed E-state index contributed by atoms with van der Waals surface area (Å²) in [4.78, 5) is 8.74. The molecule has 4 rings (SSSR count). The van der Waals surface area contributed by atoms with Gasteiger partial charge in [0.2, 0.25) is 0 Å². The molecule has 166 valence electrons. The lowest BCUT2D eigenvalue weighted by Crippen LogP contribution is -2.25. The molecule has 2 nitrogen and oxygen atoms in total. The monoisotopic (exact) mass is 424 g/mol. The van der Waals surface area contributed by atoms with Crippen LogP contribution in [0.15, 0.2) is 42.7 Å². The highest BCUT2D eigenvalue weighted by Crippen LogP contribution is 2.42. The van der Waals surface area contributed by atoms with E-state index in [0.29, 0.717) is 11.4 Å². The van der Waals surface area contributed by atoms with Gasteiger partial charge in [-0.05, 0) is 106 Å². The molecular weight excluding hydrogens is 390 g/mol. The molecule has 0 radical (unpaired) electrons. The zero-order valence-electron chi connectivity index (χ0n) is 18.6. The SMILES string of the molecule is C/C=C/C1CCC(C2CCC(CCc3cnc(-c4ccc(F)c(F)c4)nc3)CC2)CC1. The van der Waals surface area contributed by atoms with Gasteiger partial charge in [0.25, 0.3) is 0 Å². The van der Waals surface area contributed by atoms with Gasteiger partial charge in [0, 0.05) is 18.0 Å². The summed E-state index contributed by atoms with van der Waals surface area (Å²) in [6.07, 6.45) is 21.6. The van der Waals surface area contributed by atoms with E-state index in [4.69, 9.17) is 0 Å². The fourth-order valence-electron chi connectivity index (χ4n) is 5.67. The van der Waals surface area contributed by atoms with E-state index in [1.54, 1.807) is 0 Å². The highest BCUT2D eigenvalue weighted by atomic mass is 19.2. The van der Waals surface area contributed by atoms with Gasteiger partial charge in [-0.15, -0.1) is 0 Å². The maximum absolute atomic E-state index is 13.4. The minimum atomic E-state index is -0.869. The van der Waals surface area contributed by atoms with Crippen molar-refractivity contribution in [3.8, 4) is 11.4 Å². The molecule has 1 heterocycles. The smallest absolute Gasteiger partial charge is 0.159 e. The quantitative estimate of drug-likeness (QED) is 0.448. The molecule has 0 aliphatic heterocycles. The average Bonchev–Trinajstić information content (AvgIpc) is 2.81. The van der Waals surface area contributed by atoms with Gasteiger partial charge < -0.3 is 0 Å². The number of allylic oxidation sites excluding steroid dienone is 2. The van der Waals surface area contributed by atoms with Gasteiger partial charge >= 0.3 is 0 Å². The van der Waals surface area contributed by atoms with Crippen LogP contribution in [0.3, 0.4) is 0 Å². The molecule has 0 atom stereocenters. The summed E-state index contributed by atoms with van der Waals surface area (Å²) in [6, 6.07) is 3.78. The second-order valence-electron chi connectivity index (χ2n) is 9.56. The fourth-order valence-corrected chi connectivity index (χ4v) is 5.67. The fraction of sp³-hybridized carbons (Fsp3) is 0.556. The summed E-state index contributed by atoms with van der Waals surface area (Å²) < 4.78 is 26.5. The van der Waals surface area contributed by atoms with Crippen molar-refractivity contribution in [1.82, 2.24) is 9.97 Å². The largest absolute Gasteiger partial charge is 0.236 e. The van der Waals surface area contributed by atoms with Crippen LogP contribution in [0, 0.1) is 35.3 Å². The number of rotatable bonds is 6. The molecule has 2 aliphatic carbocycles. The van der Waals surface area contributed by atoms with E-state index in [1.807, 2.05) is 12.4 Å². The van der Waals surface area contributed by atoms with E-state index < -0.39 is 11.6 Å². The molecular formula is C27H34F2N2. The molecule has 1 aromatic carbocycles. The van der Waals surface area contributed by atoms with Crippen molar-refractivity contribution in [1.29, 1.82) is 0 Å². The summed E-state index contributed by atoms with van der Waals surface area (Å²) >= 11 is 0. The van der Waals surface area contributed by atoms with Crippen LogP contribution in [0.4, 0.5) is 8.78 Å². The van der Waals surface area contributed by atoms with Crippen molar-refractivity contribution in [2.75, 3.05) is 0 Å². The number of hydrogen-bond donors (Lipinski definition) is 0. The minimum Gasteiger partial charge on any atom is -0.236 e. The molecule has 0 bridgehead atoms. The van der Waals surface area contributed by atoms with E-state index in [2.05, 4.69) is 29.0 Å². The van der Waals surface area contributed by atoms with Crippen LogP contribution in [-0.4, -0.2) is 9.97 Å². The number of hydrogen-bond acceptors (Lipinski definition) is 2. The number of benzene rings is 1. The van der Waals surface area contributed by atoms with E-state index in [0.717, 1.165) is 47.8 Å². The first-order valence-corrected chi connectivity index (χ1v) is 12.0. The van der Waals surface area contributed by atoms with E-state index in [1.165, 1.54) is 63.9 Å². The Morgan fingerprint density at radius 1 is 0.871 bits per heavy atom. The molecule has 0 saturated heterocycles. The van der Waals surface area contributed by atoms with Crippen LogP contribution in [0.2, 0.25) is 0 Å². The first kappa shape index (κ1) is 22.1. The maximum atomic E-state index is 13.4. The van der Waals surface area contributed by atoms with Crippen molar-refractivity contribution in [2.45, 2.75) is 71.1 Å². The Bertz CT molecular complexity index is 861. The molecule has 2 aromatic rings. The van der Waals surface area contributed by atoms with Crippen molar-refractivity contribution < 1.29 is 8.78 Å². The second-order valence-corrected chi connectivity index (χ2v) is 9.56. The zero-order chi connectivity index (χ0) is 21.6. The van der Waals surface area contributed by atoms with Gasteiger partial charge in [-0.3, -0.25) is 0 Å². The lowest BCUT2D eigenvalue weighted by molar-refractivity contribution is 0.152. The van der Waals surface area contributed by atoms with Gasteiger partial charge in [-0.25, -0.2) is 18.7 Å². The van der Waals surface area contributed by atoms with Gasteiger partial charge in [0.05, 0.1) is 0 Å². The molecule has 2 saturated carbocycles. The Labute approximate surface area is 185 Å². The van der Waals surface area contributed by atoms with Crippen LogP contribution >= 0.6 is 0 Å². The highest BCUT2D eigenvalue weighted by Gasteiger charge is 2.30. The van der Waals surface area contributed by atoms with Crippen LogP contribution in [-0.2, 0) is 6.42 Å². The second kappa shape index (κ2) is 10.5. The summed E-state index contributed by atoms with van der Waals surface area (Å²) in [5.74, 6) is 2.26. The molecule has 0 spiro atoms. The van der Waals surface area contributed by atoms with Crippen molar-refractivity contribution in [3.63, 3.8) is 0 Å². The van der Waals surface area contributed by atoms with Crippen molar-refractivity contribution in [2.24, 2.45) is 23.7 Å². The summed E-state index contributed by atoms with van der Waals surface area (Å²) in [6.45, 7) is 2.14. The molecule has 0 N–H and O–H groups in total. The molecule has 2 aliphatic rings. The number of nitrogens with zero attached hydrogens (tertiary/aromatic N) is 2. The molecule has 0 amide bonds. The third-order valence-electron chi connectivity index (χ3n) is 7.56. The van der Waals surface area contributed by atoms with Gasteiger partial charge in [0.1, 0.15) is 0 Å². The topological polar surface area (TPSA) is 25.8 Å². The van der Waals surface area contributed by atoms with E-state index >= 15 is 0 Å². The zero-order valence-corrected chi connectivity index (χ0v) is 18.6. The third-order valence-corrected chi connectivity index (χ3v) is 7.56. The normalized spacial score (nSPS) is 26.9. The van der Waals surface area contributed by atoms with E-state index in [9.17, 15) is 8.78 Å². The van der Waals surface area contributed by atoms with Gasteiger partial charge in [0.15, 0.2) is 17.5 Å². The Balaban J connectivity index is 1.21. The van der Waals surface area contributed by atoms with Crippen LogP contribution in [0.5, 0.6) is 0 Å². The lowest BCUT2D eigenvalue weighted by atomic mass is 9.68. The lowest BCUT2D eigenvalue weighted by Gasteiger charge is -2.37. The number of aromatic nitrogens is 2. The minimum absolute atomic E-state index is 0.437. The Kier molecular flexibility index (Phi) is 7.47. The summed E-state index contributed by atoms with van der Waals surface area (Å²) in [5.41, 5.74) is 1.62. The van der Waals surface area contributed by atoms with Crippen LogP contribution < -0.4 is 0 Å². The maximum Gasteiger partial charge on any atom is 0.159 e. The average molecular weight is 425 g/mol. The Morgan fingerprint density at radius 3 is 2.13 bits per heavy atom. The standard InChI is InChI=1S/C27H34F2N2/c1-2-3-19-6-10-22(11-7-19)23-12-8-20(9-13-23)4-5-21-17-30-27(31-18-21)24-14-15-25(28)26(29)16-24/h2-3,14-20,22-23H,4-13H2,1H3/b3-2+. The first-order valence-electron chi connectivity index (χ1n) is 12.0. The predicted molar refractivity (Wildman–Crippen MR) is 121 cm³/mol. The van der Waals surface area contributed by atoms with Crippen molar-refractivity contribution in [3.05, 3.63) is 59.9 Å². The summed E-state index contributed by atoms with van der Waals surface area (Å²) in [7, 11) is 0. The van der Waals surface area contributed by atoms with Crippen LogP contribution in [0.25, 0.3) is 11.4 Å². The number of halogens is 2. The van der Waals surface area contributed by atoms with E-state index in [-0.39, 0.29) is 0 Å². The highest BCUT2D eigenvalue weighted by molar-refractivity contribution is 5.54. The van der Waals surface area contributed by atoms with Crippen molar-refractivity contribution >= 4 is 0 Å². The molecule has 31 heavy (non-hydrogen) atoms. The van der Waals surface area contributed by atoms with Gasteiger partial charge in [-0.1, -0.05) is 25.0 Å². The Morgan fingerprint density at radius 2 is 1.52 bits per heavy atom. The van der Waals surface area contributed by atoms with Gasteiger partial charge in [-0.2, -0.15) is 0 Å². The Hall–Kier alpha value is -2.10. The summed E-state index contributed by atoms with van der Waals surface area (Å²) in [5, 5.41) is 0. The third kappa shape index (κ3) is 5.78. The number of aryl methyl sites for hydroxylation is 1. The predicted octanol–water partition coefficient (Wildman–Crippen LogP) is 7.54.